The Hall–Kier alpha value is -3.85. The molecule has 0 saturated heterocycles. The van der Waals surface area contributed by atoms with E-state index in [1.54, 1.807) is 25.6 Å². The molecule has 1 saturated carbocycles. The van der Waals surface area contributed by atoms with E-state index >= 15 is 0 Å². The number of nitrogens with zero attached hydrogens (tertiary/aromatic N) is 4. The highest BCUT2D eigenvalue weighted by atomic mass is 32.1. The van der Waals surface area contributed by atoms with Crippen molar-refractivity contribution in [1.29, 1.82) is 0 Å². The van der Waals surface area contributed by atoms with Gasteiger partial charge < -0.3 is 9.47 Å². The molecule has 1 aliphatic carbocycles. The van der Waals surface area contributed by atoms with Crippen molar-refractivity contribution in [3.63, 3.8) is 0 Å². The predicted octanol–water partition coefficient (Wildman–Crippen LogP) is 4.71. The number of hydrogen-bond donors (Lipinski definition) is 1. The maximum absolute atomic E-state index is 13.0. The molecule has 33 heavy (non-hydrogen) atoms. The Kier molecular flexibility index (Phi) is 5.95. The van der Waals surface area contributed by atoms with Crippen molar-refractivity contribution >= 4 is 22.4 Å². The molecule has 0 aliphatic heterocycles. The molecule has 8 nitrogen and oxygen atoms in total. The Bertz CT molecular complexity index is 1270. The number of pyridine rings is 2. The standard InChI is InChI=1S/C24H21N5O3S/c1-31-21-5-3-2-4-17(21)19-13-25-11-10-18(19)22(30)27-23-28-29-24(33-23)32-14-15-6-9-20(26-12-15)16-7-8-16/h2-6,9-13,16H,7-8,14H2,1H3,(H,27,28,30). The summed E-state index contributed by atoms with van der Waals surface area (Å²) < 4.78 is 11.2. The van der Waals surface area contributed by atoms with Gasteiger partial charge >= 0.3 is 0 Å². The molecule has 0 unspecified atom stereocenters. The summed E-state index contributed by atoms with van der Waals surface area (Å²) in [6.07, 6.45) is 7.50. The van der Waals surface area contributed by atoms with E-state index in [1.807, 2.05) is 36.5 Å². The van der Waals surface area contributed by atoms with E-state index in [9.17, 15) is 4.79 Å². The Morgan fingerprint density at radius 2 is 1.97 bits per heavy atom. The van der Waals surface area contributed by atoms with Crippen LogP contribution in [0.25, 0.3) is 11.1 Å². The van der Waals surface area contributed by atoms with Crippen molar-refractivity contribution in [2.75, 3.05) is 12.4 Å². The lowest BCUT2D eigenvalue weighted by Crippen LogP contribution is -2.13. The van der Waals surface area contributed by atoms with Gasteiger partial charge in [0.1, 0.15) is 12.4 Å². The summed E-state index contributed by atoms with van der Waals surface area (Å²) in [5.74, 6) is 0.963. The average Bonchev–Trinajstić information content (AvgIpc) is 3.62. The maximum Gasteiger partial charge on any atom is 0.296 e. The number of hydrogen-bond acceptors (Lipinski definition) is 8. The van der Waals surface area contributed by atoms with E-state index in [-0.39, 0.29) is 5.91 Å². The Morgan fingerprint density at radius 1 is 1.09 bits per heavy atom. The van der Waals surface area contributed by atoms with Crippen LogP contribution < -0.4 is 14.8 Å². The van der Waals surface area contributed by atoms with Crippen LogP contribution in [0.1, 0.15) is 40.4 Å². The first-order valence-corrected chi connectivity index (χ1v) is 11.3. The molecule has 1 amide bonds. The van der Waals surface area contributed by atoms with Gasteiger partial charge in [-0.1, -0.05) is 29.4 Å². The van der Waals surface area contributed by atoms with Crippen molar-refractivity contribution in [3.8, 4) is 22.1 Å². The van der Waals surface area contributed by atoms with Crippen LogP contribution in [0.5, 0.6) is 10.9 Å². The fraction of sp³-hybridized carbons (Fsp3) is 0.208. The number of nitrogens with one attached hydrogen (secondary N) is 1. The molecule has 166 valence electrons. The van der Waals surface area contributed by atoms with E-state index in [2.05, 4.69) is 31.5 Å². The van der Waals surface area contributed by atoms with Gasteiger partial charge in [-0.3, -0.25) is 20.1 Å². The minimum Gasteiger partial charge on any atom is -0.496 e. The van der Waals surface area contributed by atoms with Gasteiger partial charge in [-0.2, -0.15) is 0 Å². The van der Waals surface area contributed by atoms with Crippen LogP contribution in [0.3, 0.4) is 0 Å². The summed E-state index contributed by atoms with van der Waals surface area (Å²) in [5.41, 5.74) is 3.99. The highest BCUT2D eigenvalue weighted by Gasteiger charge is 2.24. The van der Waals surface area contributed by atoms with Gasteiger partial charge in [0.15, 0.2) is 0 Å². The molecule has 0 spiro atoms. The van der Waals surface area contributed by atoms with E-state index in [4.69, 9.17) is 9.47 Å². The molecule has 0 radical (unpaired) electrons. The lowest BCUT2D eigenvalue weighted by molar-refractivity contribution is 0.102. The molecule has 3 heterocycles. The van der Waals surface area contributed by atoms with Crippen LogP contribution in [-0.4, -0.2) is 33.2 Å². The Morgan fingerprint density at radius 3 is 2.76 bits per heavy atom. The van der Waals surface area contributed by atoms with E-state index in [0.29, 0.717) is 39.7 Å². The lowest BCUT2D eigenvalue weighted by atomic mass is 10.0. The van der Waals surface area contributed by atoms with Crippen molar-refractivity contribution in [2.45, 2.75) is 25.4 Å². The molecule has 1 N–H and O–H groups in total. The van der Waals surface area contributed by atoms with Gasteiger partial charge in [-0.15, -0.1) is 5.10 Å². The molecule has 5 rings (SSSR count). The number of para-hydroxylation sites is 1. The number of amides is 1. The van der Waals surface area contributed by atoms with Crippen molar-refractivity contribution in [1.82, 2.24) is 20.2 Å². The van der Waals surface area contributed by atoms with Crippen molar-refractivity contribution in [2.24, 2.45) is 0 Å². The third-order valence-electron chi connectivity index (χ3n) is 5.30. The zero-order valence-electron chi connectivity index (χ0n) is 17.9. The SMILES string of the molecule is COc1ccccc1-c1cnccc1C(=O)Nc1nnc(OCc2ccc(C3CC3)nc2)s1. The second kappa shape index (κ2) is 9.33. The smallest absolute Gasteiger partial charge is 0.296 e. The van der Waals surface area contributed by atoms with Crippen LogP contribution in [0, 0.1) is 0 Å². The summed E-state index contributed by atoms with van der Waals surface area (Å²) in [4.78, 5) is 21.7. The molecular weight excluding hydrogens is 438 g/mol. The monoisotopic (exact) mass is 459 g/mol. The summed E-state index contributed by atoms with van der Waals surface area (Å²) in [7, 11) is 1.59. The molecule has 0 bridgehead atoms. The highest BCUT2D eigenvalue weighted by Crippen LogP contribution is 2.38. The van der Waals surface area contributed by atoms with Gasteiger partial charge in [0.25, 0.3) is 11.1 Å². The van der Waals surface area contributed by atoms with Gasteiger partial charge in [0, 0.05) is 46.9 Å². The van der Waals surface area contributed by atoms with Gasteiger partial charge in [0.2, 0.25) is 5.13 Å². The third kappa shape index (κ3) is 4.83. The second-order valence-corrected chi connectivity index (χ2v) is 8.54. The molecule has 1 fully saturated rings. The number of aromatic nitrogens is 4. The first-order chi connectivity index (χ1) is 16.2. The highest BCUT2D eigenvalue weighted by molar-refractivity contribution is 7.17. The van der Waals surface area contributed by atoms with Crippen molar-refractivity contribution in [3.05, 3.63) is 77.9 Å². The minimum absolute atomic E-state index is 0.319. The number of anilines is 1. The van der Waals surface area contributed by atoms with Crippen molar-refractivity contribution < 1.29 is 14.3 Å². The average molecular weight is 460 g/mol. The van der Waals surface area contributed by atoms with Gasteiger partial charge in [-0.05, 0) is 42.4 Å². The number of methoxy groups -OCH3 is 1. The van der Waals surface area contributed by atoms with Crippen LogP contribution >= 0.6 is 11.3 Å². The van der Waals surface area contributed by atoms with Crippen LogP contribution in [0.4, 0.5) is 5.13 Å². The molecule has 0 atom stereocenters. The zero-order valence-corrected chi connectivity index (χ0v) is 18.7. The van der Waals surface area contributed by atoms with Crippen LogP contribution in [0.15, 0.2) is 61.1 Å². The minimum atomic E-state index is -0.319. The fourth-order valence-electron chi connectivity index (χ4n) is 3.44. The predicted molar refractivity (Wildman–Crippen MR) is 125 cm³/mol. The maximum atomic E-state index is 13.0. The number of benzene rings is 1. The van der Waals surface area contributed by atoms with E-state index in [1.165, 1.54) is 24.2 Å². The quantitative estimate of drug-likeness (QED) is 0.407. The molecule has 3 aromatic heterocycles. The molecule has 1 aromatic carbocycles. The Balaban J connectivity index is 1.26. The van der Waals surface area contributed by atoms with E-state index < -0.39 is 0 Å². The number of carbonyl (C=O) groups is 1. The molecule has 4 aromatic rings. The van der Waals surface area contributed by atoms with Gasteiger partial charge in [0.05, 0.1) is 12.7 Å². The Labute approximate surface area is 194 Å². The first-order valence-electron chi connectivity index (χ1n) is 10.5. The zero-order chi connectivity index (χ0) is 22.6. The summed E-state index contributed by atoms with van der Waals surface area (Å²) in [6.45, 7) is 0.336. The first kappa shape index (κ1) is 21.0. The molecule has 1 aliphatic rings. The van der Waals surface area contributed by atoms with Crippen LogP contribution in [0.2, 0.25) is 0 Å². The topological polar surface area (TPSA) is 99.1 Å². The van der Waals surface area contributed by atoms with Gasteiger partial charge in [-0.25, -0.2) is 0 Å². The normalized spacial score (nSPS) is 12.9. The molecule has 9 heteroatoms. The van der Waals surface area contributed by atoms with E-state index in [0.717, 1.165) is 16.8 Å². The summed E-state index contributed by atoms with van der Waals surface area (Å²) in [5, 5.41) is 11.6. The summed E-state index contributed by atoms with van der Waals surface area (Å²) >= 11 is 1.17. The number of ether oxygens (including phenoxy) is 2. The number of rotatable bonds is 8. The number of carbonyl (C=O) groups excluding carboxylic acids is 1. The lowest BCUT2D eigenvalue weighted by Gasteiger charge is -2.11. The largest absolute Gasteiger partial charge is 0.496 e. The van der Waals surface area contributed by atoms with Crippen LogP contribution in [-0.2, 0) is 6.61 Å². The fourth-order valence-corrected chi connectivity index (χ4v) is 4.03. The third-order valence-corrected chi connectivity index (χ3v) is 6.05. The summed E-state index contributed by atoms with van der Waals surface area (Å²) in [6, 6.07) is 13.2. The second-order valence-electron chi connectivity index (χ2n) is 7.60. The molecular formula is C24H21N5O3S.